The number of rotatable bonds is 3. The van der Waals surface area contributed by atoms with Gasteiger partial charge in [0.15, 0.2) is 0 Å². The molecule has 0 bridgehead atoms. The first-order chi connectivity index (χ1) is 7.10. The van der Waals surface area contributed by atoms with Crippen LogP contribution in [0.25, 0.3) is 0 Å². The lowest BCUT2D eigenvalue weighted by Gasteiger charge is -2.12. The number of hydrogen-bond acceptors (Lipinski definition) is 4. The van der Waals surface area contributed by atoms with Crippen LogP contribution in [-0.4, -0.2) is 16.4 Å². The van der Waals surface area contributed by atoms with Crippen molar-refractivity contribution >= 4 is 11.9 Å². The van der Waals surface area contributed by atoms with Crippen molar-refractivity contribution in [1.82, 2.24) is 0 Å². The number of phenols is 1. The molecule has 0 aliphatic carbocycles. The highest BCUT2D eigenvalue weighted by Gasteiger charge is 2.12. The molecule has 1 rings (SSSR count). The van der Waals surface area contributed by atoms with Crippen molar-refractivity contribution < 1.29 is 10.2 Å². The molecule has 4 heteroatoms. The molecule has 0 radical (unpaired) electrons. The number of aromatic hydroxyl groups is 1. The van der Waals surface area contributed by atoms with E-state index in [1.165, 1.54) is 12.1 Å². The van der Waals surface area contributed by atoms with Gasteiger partial charge in [-0.3, -0.25) is 0 Å². The predicted molar refractivity (Wildman–Crippen MR) is 58.8 cm³/mol. The molecule has 1 aromatic carbocycles. The van der Waals surface area contributed by atoms with E-state index in [2.05, 4.69) is 5.92 Å². The van der Waals surface area contributed by atoms with Gasteiger partial charge in [-0.1, -0.05) is 0 Å². The lowest BCUT2D eigenvalue weighted by Crippen LogP contribution is -2.02. The van der Waals surface area contributed by atoms with E-state index < -0.39 is 6.10 Å². The van der Waals surface area contributed by atoms with Crippen molar-refractivity contribution in [2.45, 2.75) is 12.5 Å². The molecule has 1 unspecified atom stereocenters. The molecule has 4 nitrogen and oxygen atoms in total. The number of aliphatic hydroxyl groups excluding tert-OH is 1. The van der Waals surface area contributed by atoms with Gasteiger partial charge in [0, 0.05) is 35.5 Å². The molecule has 0 spiro atoms. The van der Waals surface area contributed by atoms with Crippen LogP contribution < -0.4 is 5.73 Å². The third-order valence-electron chi connectivity index (χ3n) is 2.06. The SMILES string of the molecule is C#CCC(O)c1cc(C=N)c(O)cc1N. The number of nitrogens with two attached hydrogens (primary N) is 1. The minimum atomic E-state index is -0.866. The van der Waals surface area contributed by atoms with Gasteiger partial charge in [0.1, 0.15) is 5.75 Å². The average Bonchev–Trinajstić information content (AvgIpc) is 2.18. The molecule has 0 aliphatic heterocycles. The topological polar surface area (TPSA) is 90.3 Å². The standard InChI is InChI=1S/C11H12N2O2/c1-2-3-10(14)8-4-7(6-12)11(15)5-9(8)13/h1,4-6,10,12,14-15H,3,13H2. The Morgan fingerprint density at radius 1 is 1.60 bits per heavy atom. The number of anilines is 1. The van der Waals surface area contributed by atoms with Gasteiger partial charge in [-0.15, -0.1) is 12.3 Å². The largest absolute Gasteiger partial charge is 0.507 e. The van der Waals surface area contributed by atoms with Crippen LogP contribution in [0.15, 0.2) is 12.1 Å². The smallest absolute Gasteiger partial charge is 0.126 e. The summed E-state index contributed by atoms with van der Waals surface area (Å²) >= 11 is 0. The first kappa shape index (κ1) is 11.1. The molecule has 78 valence electrons. The molecule has 0 heterocycles. The van der Waals surface area contributed by atoms with Gasteiger partial charge in [0.25, 0.3) is 0 Å². The van der Waals surface area contributed by atoms with E-state index in [-0.39, 0.29) is 17.9 Å². The van der Waals surface area contributed by atoms with E-state index >= 15 is 0 Å². The Kier molecular flexibility index (Phi) is 3.32. The molecule has 0 aromatic heterocycles. The molecule has 15 heavy (non-hydrogen) atoms. The highest BCUT2D eigenvalue weighted by Crippen LogP contribution is 2.28. The molecule has 0 saturated carbocycles. The van der Waals surface area contributed by atoms with Gasteiger partial charge in [-0.25, -0.2) is 0 Å². The molecular weight excluding hydrogens is 192 g/mol. The van der Waals surface area contributed by atoms with Crippen LogP contribution in [0, 0.1) is 17.8 Å². The van der Waals surface area contributed by atoms with Gasteiger partial charge < -0.3 is 21.4 Å². The van der Waals surface area contributed by atoms with Crippen molar-refractivity contribution in [2.24, 2.45) is 0 Å². The maximum atomic E-state index is 9.63. The monoisotopic (exact) mass is 204 g/mol. The highest BCUT2D eigenvalue weighted by molar-refractivity contribution is 5.83. The van der Waals surface area contributed by atoms with E-state index in [4.69, 9.17) is 17.6 Å². The third-order valence-corrected chi connectivity index (χ3v) is 2.06. The van der Waals surface area contributed by atoms with E-state index in [0.29, 0.717) is 11.1 Å². The summed E-state index contributed by atoms with van der Waals surface area (Å²) < 4.78 is 0. The summed E-state index contributed by atoms with van der Waals surface area (Å²) in [5.41, 5.74) is 6.61. The molecule has 5 N–H and O–H groups in total. The first-order valence-electron chi connectivity index (χ1n) is 4.34. The highest BCUT2D eigenvalue weighted by atomic mass is 16.3. The molecule has 1 aromatic rings. The van der Waals surface area contributed by atoms with Crippen LogP contribution in [0.5, 0.6) is 5.75 Å². The van der Waals surface area contributed by atoms with Gasteiger partial charge in [0.05, 0.1) is 6.10 Å². The van der Waals surface area contributed by atoms with Gasteiger partial charge >= 0.3 is 0 Å². The molecule has 0 fully saturated rings. The van der Waals surface area contributed by atoms with Crippen LogP contribution >= 0.6 is 0 Å². The van der Waals surface area contributed by atoms with Crippen LogP contribution in [0.2, 0.25) is 0 Å². The zero-order chi connectivity index (χ0) is 11.4. The maximum absolute atomic E-state index is 9.63. The number of aliphatic hydroxyl groups is 1. The fourth-order valence-corrected chi connectivity index (χ4v) is 1.26. The first-order valence-corrected chi connectivity index (χ1v) is 4.34. The molecule has 1 atom stereocenters. The number of terminal acetylenes is 1. The Bertz CT molecular complexity index is 421. The number of nitrogen functional groups attached to an aromatic ring is 1. The summed E-state index contributed by atoms with van der Waals surface area (Å²) in [7, 11) is 0. The lowest BCUT2D eigenvalue weighted by atomic mass is 10.0. The predicted octanol–water partition coefficient (Wildman–Crippen LogP) is 1.03. The molecule has 0 amide bonds. The Hall–Kier alpha value is -1.99. The zero-order valence-corrected chi connectivity index (χ0v) is 8.07. The van der Waals surface area contributed by atoms with Gasteiger partial charge in [-0.05, 0) is 6.07 Å². The second-order valence-electron chi connectivity index (χ2n) is 3.11. The van der Waals surface area contributed by atoms with Crippen molar-refractivity contribution in [3.05, 3.63) is 23.3 Å². The summed E-state index contributed by atoms with van der Waals surface area (Å²) in [5.74, 6) is 2.24. The Morgan fingerprint density at radius 2 is 2.27 bits per heavy atom. The fraction of sp³-hybridized carbons (Fsp3) is 0.182. The van der Waals surface area contributed by atoms with Crippen LogP contribution in [0.4, 0.5) is 5.69 Å². The normalized spacial score (nSPS) is 11.7. The van der Waals surface area contributed by atoms with Crippen molar-refractivity contribution in [1.29, 1.82) is 5.41 Å². The van der Waals surface area contributed by atoms with Gasteiger partial charge in [-0.2, -0.15) is 0 Å². The van der Waals surface area contributed by atoms with Crippen molar-refractivity contribution in [3.63, 3.8) is 0 Å². The Morgan fingerprint density at radius 3 is 2.80 bits per heavy atom. The van der Waals surface area contributed by atoms with Crippen molar-refractivity contribution in [3.8, 4) is 18.1 Å². The summed E-state index contributed by atoms with van der Waals surface area (Å²) in [4.78, 5) is 0. The Labute approximate surface area is 87.9 Å². The molecule has 0 saturated heterocycles. The zero-order valence-electron chi connectivity index (χ0n) is 8.07. The minimum Gasteiger partial charge on any atom is -0.507 e. The number of nitrogens with one attached hydrogen (secondary N) is 1. The molecule has 0 aliphatic rings. The number of phenolic OH excluding ortho intramolecular Hbond substituents is 1. The summed E-state index contributed by atoms with van der Waals surface area (Å²) in [5, 5.41) is 26.1. The van der Waals surface area contributed by atoms with E-state index in [9.17, 15) is 10.2 Å². The average molecular weight is 204 g/mol. The number of hydrogen-bond donors (Lipinski definition) is 4. The second kappa shape index (κ2) is 4.49. The third kappa shape index (κ3) is 2.27. The maximum Gasteiger partial charge on any atom is 0.126 e. The summed E-state index contributed by atoms with van der Waals surface area (Å²) in [6.07, 6.45) is 5.34. The van der Waals surface area contributed by atoms with Gasteiger partial charge in [0.2, 0.25) is 0 Å². The van der Waals surface area contributed by atoms with Crippen LogP contribution in [0.1, 0.15) is 23.7 Å². The molecular formula is C11H12N2O2. The quantitative estimate of drug-likeness (QED) is 0.336. The Balaban J connectivity index is 3.19. The second-order valence-corrected chi connectivity index (χ2v) is 3.11. The minimum absolute atomic E-state index is 0.0841. The lowest BCUT2D eigenvalue weighted by molar-refractivity contribution is 0.185. The summed E-state index contributed by atoms with van der Waals surface area (Å²) in [6.45, 7) is 0. The van der Waals surface area contributed by atoms with E-state index in [1.54, 1.807) is 0 Å². The van der Waals surface area contributed by atoms with E-state index in [1.807, 2.05) is 0 Å². The van der Waals surface area contributed by atoms with E-state index in [0.717, 1.165) is 6.21 Å². The summed E-state index contributed by atoms with van der Waals surface area (Å²) in [6, 6.07) is 2.76. The number of benzene rings is 1. The van der Waals surface area contributed by atoms with Crippen LogP contribution in [0.3, 0.4) is 0 Å². The van der Waals surface area contributed by atoms with Crippen LogP contribution in [-0.2, 0) is 0 Å². The fourth-order valence-electron chi connectivity index (χ4n) is 1.26. The van der Waals surface area contributed by atoms with Crippen molar-refractivity contribution in [2.75, 3.05) is 5.73 Å².